The molecular formula is C8H6ClNO5S. The SMILES string of the molecule is O=Cc1ccccc1C(=O)NOS(=O)(=O)Cl. The summed E-state index contributed by atoms with van der Waals surface area (Å²) in [6.45, 7) is 0. The molecule has 0 atom stereocenters. The van der Waals surface area contributed by atoms with Crippen molar-refractivity contribution in [3.05, 3.63) is 35.4 Å². The van der Waals surface area contributed by atoms with Crippen molar-refractivity contribution >= 4 is 32.2 Å². The first-order valence-electron chi connectivity index (χ1n) is 3.91. The van der Waals surface area contributed by atoms with Crippen LogP contribution >= 0.6 is 10.7 Å². The van der Waals surface area contributed by atoms with Gasteiger partial charge in [0.1, 0.15) is 0 Å². The molecule has 0 aliphatic rings. The molecule has 0 saturated carbocycles. The second kappa shape index (κ2) is 5.06. The highest BCUT2D eigenvalue weighted by Crippen LogP contribution is 2.06. The molecule has 86 valence electrons. The second-order valence-electron chi connectivity index (χ2n) is 2.61. The Labute approximate surface area is 95.7 Å². The van der Waals surface area contributed by atoms with Crippen LogP contribution in [-0.4, -0.2) is 20.6 Å². The van der Waals surface area contributed by atoms with E-state index in [0.717, 1.165) is 0 Å². The van der Waals surface area contributed by atoms with E-state index in [1.807, 2.05) is 0 Å². The molecule has 16 heavy (non-hydrogen) atoms. The molecule has 0 heterocycles. The zero-order valence-electron chi connectivity index (χ0n) is 7.71. The maximum Gasteiger partial charge on any atom is 0.376 e. The van der Waals surface area contributed by atoms with E-state index in [1.165, 1.54) is 18.2 Å². The molecule has 0 fully saturated rings. The third-order valence-electron chi connectivity index (χ3n) is 1.57. The zero-order valence-corrected chi connectivity index (χ0v) is 9.29. The Morgan fingerprint density at radius 3 is 2.56 bits per heavy atom. The van der Waals surface area contributed by atoms with Crippen LogP contribution in [0.5, 0.6) is 0 Å². The van der Waals surface area contributed by atoms with E-state index in [9.17, 15) is 18.0 Å². The number of hydrogen-bond donors (Lipinski definition) is 1. The number of benzene rings is 1. The van der Waals surface area contributed by atoms with Gasteiger partial charge < -0.3 is 0 Å². The smallest absolute Gasteiger partial charge is 0.298 e. The van der Waals surface area contributed by atoms with Crippen molar-refractivity contribution in [2.45, 2.75) is 0 Å². The Hall–Kier alpha value is -1.44. The van der Waals surface area contributed by atoms with Gasteiger partial charge in [-0.3, -0.25) is 9.59 Å². The highest BCUT2D eigenvalue weighted by Gasteiger charge is 2.13. The zero-order chi connectivity index (χ0) is 12.2. The van der Waals surface area contributed by atoms with Crippen molar-refractivity contribution in [1.29, 1.82) is 0 Å². The van der Waals surface area contributed by atoms with Crippen molar-refractivity contribution in [2.75, 3.05) is 0 Å². The number of rotatable bonds is 4. The van der Waals surface area contributed by atoms with E-state index in [-0.39, 0.29) is 11.1 Å². The maximum atomic E-state index is 11.4. The third-order valence-corrected chi connectivity index (χ3v) is 2.04. The molecule has 0 unspecified atom stereocenters. The topological polar surface area (TPSA) is 89.5 Å². The lowest BCUT2D eigenvalue weighted by molar-refractivity contribution is 0.0774. The maximum absolute atomic E-state index is 11.4. The van der Waals surface area contributed by atoms with Gasteiger partial charge in [0.25, 0.3) is 5.91 Å². The van der Waals surface area contributed by atoms with Crippen LogP contribution in [0, 0.1) is 0 Å². The summed E-state index contributed by atoms with van der Waals surface area (Å²) in [5.41, 5.74) is 1.69. The van der Waals surface area contributed by atoms with E-state index < -0.39 is 15.2 Å². The molecule has 1 N–H and O–H groups in total. The lowest BCUT2D eigenvalue weighted by Crippen LogP contribution is -2.26. The molecule has 0 aromatic heterocycles. The molecule has 0 radical (unpaired) electrons. The molecule has 1 rings (SSSR count). The molecule has 1 aromatic carbocycles. The molecule has 1 aromatic rings. The Kier molecular flexibility index (Phi) is 3.99. The predicted molar refractivity (Wildman–Crippen MR) is 55.2 cm³/mol. The van der Waals surface area contributed by atoms with Crippen LogP contribution in [0.25, 0.3) is 0 Å². The Balaban J connectivity index is 2.85. The van der Waals surface area contributed by atoms with Gasteiger partial charge in [0.15, 0.2) is 6.29 Å². The second-order valence-corrected chi connectivity index (χ2v) is 4.70. The van der Waals surface area contributed by atoms with Crippen LogP contribution < -0.4 is 5.48 Å². The average Bonchev–Trinajstić information content (AvgIpc) is 2.25. The van der Waals surface area contributed by atoms with Gasteiger partial charge in [-0.05, 0) is 6.07 Å². The van der Waals surface area contributed by atoms with Crippen LogP contribution in [0.1, 0.15) is 20.7 Å². The van der Waals surface area contributed by atoms with Gasteiger partial charge >= 0.3 is 9.33 Å². The summed E-state index contributed by atoms with van der Waals surface area (Å²) in [6.07, 6.45) is 0.462. The molecular weight excluding hydrogens is 258 g/mol. The normalized spacial score (nSPS) is 10.8. The van der Waals surface area contributed by atoms with Crippen molar-refractivity contribution in [1.82, 2.24) is 5.48 Å². The van der Waals surface area contributed by atoms with E-state index in [0.29, 0.717) is 6.29 Å². The van der Waals surface area contributed by atoms with Crippen LogP contribution in [-0.2, 0) is 13.6 Å². The van der Waals surface area contributed by atoms with Crippen LogP contribution in [0.2, 0.25) is 0 Å². The Morgan fingerprint density at radius 2 is 2.00 bits per heavy atom. The van der Waals surface area contributed by atoms with Crippen molar-refractivity contribution in [2.24, 2.45) is 0 Å². The summed E-state index contributed by atoms with van der Waals surface area (Å²) in [7, 11) is 0.409. The van der Waals surface area contributed by atoms with Crippen molar-refractivity contribution < 1.29 is 22.3 Å². The fraction of sp³-hybridized carbons (Fsp3) is 0. The summed E-state index contributed by atoms with van der Waals surface area (Å²) in [6, 6.07) is 5.80. The molecule has 8 heteroatoms. The molecule has 0 saturated heterocycles. The number of amides is 1. The fourth-order valence-electron chi connectivity index (χ4n) is 0.949. The third kappa shape index (κ3) is 3.61. The first-order valence-corrected chi connectivity index (χ1v) is 6.15. The number of nitrogens with one attached hydrogen (secondary N) is 1. The molecule has 1 amide bonds. The van der Waals surface area contributed by atoms with Gasteiger partial charge in [-0.1, -0.05) is 18.2 Å². The quantitative estimate of drug-likeness (QED) is 0.489. The number of carbonyl (C=O) groups excluding carboxylic acids is 2. The van der Waals surface area contributed by atoms with Gasteiger partial charge in [-0.15, -0.1) is 4.28 Å². The van der Waals surface area contributed by atoms with Crippen LogP contribution in [0.3, 0.4) is 0 Å². The molecule has 0 spiro atoms. The number of carbonyl (C=O) groups is 2. The molecule has 6 nitrogen and oxygen atoms in total. The van der Waals surface area contributed by atoms with E-state index in [1.54, 1.807) is 11.5 Å². The predicted octanol–water partition coefficient (Wildman–Crippen LogP) is 0.644. The molecule has 0 bridgehead atoms. The minimum atomic E-state index is -4.29. The minimum absolute atomic E-state index is 0.0159. The fourth-order valence-corrected chi connectivity index (χ4v) is 1.22. The summed E-state index contributed by atoms with van der Waals surface area (Å²) >= 11 is 0. The highest BCUT2D eigenvalue weighted by atomic mass is 35.7. The first-order chi connectivity index (χ1) is 7.44. The Morgan fingerprint density at radius 1 is 1.38 bits per heavy atom. The monoisotopic (exact) mass is 263 g/mol. The summed E-state index contributed by atoms with van der Waals surface area (Å²) in [5, 5.41) is 0. The van der Waals surface area contributed by atoms with Gasteiger partial charge in [0.05, 0.1) is 16.2 Å². The van der Waals surface area contributed by atoms with Crippen LogP contribution in [0.15, 0.2) is 24.3 Å². The molecule has 0 aliphatic carbocycles. The van der Waals surface area contributed by atoms with Gasteiger partial charge in [0.2, 0.25) is 0 Å². The van der Waals surface area contributed by atoms with E-state index in [4.69, 9.17) is 10.7 Å². The van der Waals surface area contributed by atoms with Gasteiger partial charge in [0, 0.05) is 5.56 Å². The summed E-state index contributed by atoms with van der Waals surface area (Å²) in [4.78, 5) is 21.9. The number of halogens is 1. The summed E-state index contributed by atoms with van der Waals surface area (Å²) < 4.78 is 24.6. The van der Waals surface area contributed by atoms with Gasteiger partial charge in [-0.25, -0.2) is 5.48 Å². The van der Waals surface area contributed by atoms with Crippen molar-refractivity contribution in [3.63, 3.8) is 0 Å². The van der Waals surface area contributed by atoms with Crippen molar-refractivity contribution in [3.8, 4) is 0 Å². The number of aldehydes is 1. The average molecular weight is 264 g/mol. The number of hydroxylamine groups is 1. The number of hydrogen-bond acceptors (Lipinski definition) is 5. The van der Waals surface area contributed by atoms with E-state index >= 15 is 0 Å². The van der Waals surface area contributed by atoms with Crippen LogP contribution in [0.4, 0.5) is 0 Å². The summed E-state index contributed by atoms with van der Waals surface area (Å²) in [5.74, 6) is -0.882. The lowest BCUT2D eigenvalue weighted by atomic mass is 10.1. The lowest BCUT2D eigenvalue weighted by Gasteiger charge is -2.03. The van der Waals surface area contributed by atoms with E-state index in [2.05, 4.69) is 4.28 Å². The first kappa shape index (κ1) is 12.6. The Bertz CT molecular complexity index is 513. The molecule has 0 aliphatic heterocycles. The van der Waals surface area contributed by atoms with Gasteiger partial charge in [-0.2, -0.15) is 8.42 Å². The minimum Gasteiger partial charge on any atom is -0.298 e. The largest absolute Gasteiger partial charge is 0.376 e. The highest BCUT2D eigenvalue weighted by molar-refractivity contribution is 8.09. The standard InChI is InChI=1S/C8H6ClNO5S/c9-16(13,14)15-10-8(12)7-4-2-1-3-6(7)5-11/h1-5H,(H,10,12).